The number of thiophene rings is 1. The van der Waals surface area contributed by atoms with Gasteiger partial charge in [0.25, 0.3) is 0 Å². The van der Waals surface area contributed by atoms with Gasteiger partial charge in [-0.3, -0.25) is 4.79 Å². The van der Waals surface area contributed by atoms with E-state index in [0.717, 1.165) is 32.1 Å². The summed E-state index contributed by atoms with van der Waals surface area (Å²) in [5.41, 5.74) is 5.42. The van der Waals surface area contributed by atoms with Crippen molar-refractivity contribution in [2.24, 2.45) is 11.1 Å². The molecule has 1 amide bonds. The fourth-order valence-electron chi connectivity index (χ4n) is 3.20. The summed E-state index contributed by atoms with van der Waals surface area (Å²) < 4.78 is 1.30. The second-order valence-electron chi connectivity index (χ2n) is 5.63. The van der Waals surface area contributed by atoms with Gasteiger partial charge < -0.3 is 5.73 Å². The second-order valence-corrected chi connectivity index (χ2v) is 6.80. The highest BCUT2D eigenvalue weighted by Crippen LogP contribution is 2.41. The first-order valence-corrected chi connectivity index (χ1v) is 7.79. The van der Waals surface area contributed by atoms with E-state index < -0.39 is 0 Å². The van der Waals surface area contributed by atoms with Gasteiger partial charge in [-0.25, -0.2) is 0 Å². The minimum atomic E-state index is -0.293. The third kappa shape index (κ3) is 2.39. The monoisotopic (exact) mass is 273 g/mol. The molecule has 0 bridgehead atoms. The summed E-state index contributed by atoms with van der Waals surface area (Å²) in [4.78, 5) is 13.2. The van der Waals surface area contributed by atoms with E-state index in [1.54, 1.807) is 11.3 Å². The molecule has 1 aromatic heterocycles. The van der Waals surface area contributed by atoms with Gasteiger partial charge in [-0.15, -0.1) is 11.3 Å². The van der Waals surface area contributed by atoms with E-state index in [2.05, 4.69) is 30.3 Å². The van der Waals surface area contributed by atoms with Crippen LogP contribution in [0.2, 0.25) is 0 Å². The lowest BCUT2D eigenvalue weighted by atomic mass is 9.71. The van der Waals surface area contributed by atoms with E-state index in [1.165, 1.54) is 21.4 Å². The van der Waals surface area contributed by atoms with Gasteiger partial charge in [0.2, 0.25) is 5.91 Å². The molecule has 100 valence electrons. The normalized spacial score (nSPS) is 18.5. The number of rotatable bonds is 3. The van der Waals surface area contributed by atoms with Crippen molar-refractivity contribution in [1.29, 1.82) is 0 Å². The van der Waals surface area contributed by atoms with Crippen molar-refractivity contribution < 1.29 is 4.79 Å². The van der Waals surface area contributed by atoms with Crippen molar-refractivity contribution in [3.8, 4) is 0 Å². The summed E-state index contributed by atoms with van der Waals surface area (Å²) in [6.45, 7) is 0. The van der Waals surface area contributed by atoms with E-state index >= 15 is 0 Å². The van der Waals surface area contributed by atoms with Crippen LogP contribution < -0.4 is 5.73 Å². The van der Waals surface area contributed by atoms with E-state index in [0.29, 0.717) is 0 Å². The van der Waals surface area contributed by atoms with E-state index in [4.69, 9.17) is 5.73 Å². The van der Waals surface area contributed by atoms with Crippen molar-refractivity contribution in [1.82, 2.24) is 0 Å². The minimum absolute atomic E-state index is 0.107. The standard InChI is InChI=1S/C16H19NOS/c17-15(18)16(8-4-1-5-9-16)11-13-10-12-6-2-3-7-14(12)19-13/h2-3,6-7,10H,1,4-5,8-9,11H2,(H2,17,18). The van der Waals surface area contributed by atoms with Gasteiger partial charge in [-0.1, -0.05) is 37.5 Å². The molecule has 0 aliphatic heterocycles. The van der Waals surface area contributed by atoms with Gasteiger partial charge >= 0.3 is 0 Å². The molecule has 0 unspecified atom stereocenters. The quantitative estimate of drug-likeness (QED) is 0.906. The number of primary amides is 1. The molecule has 1 saturated carbocycles. The number of benzene rings is 1. The molecule has 0 saturated heterocycles. The lowest BCUT2D eigenvalue weighted by molar-refractivity contribution is -0.129. The molecule has 19 heavy (non-hydrogen) atoms. The van der Waals surface area contributed by atoms with Gasteiger partial charge in [0.15, 0.2) is 0 Å². The third-order valence-electron chi connectivity index (χ3n) is 4.32. The lowest BCUT2D eigenvalue weighted by Crippen LogP contribution is -2.40. The maximum atomic E-state index is 11.9. The number of carbonyl (C=O) groups is 1. The van der Waals surface area contributed by atoms with Gasteiger partial charge in [0.05, 0.1) is 5.41 Å². The molecule has 0 atom stereocenters. The highest BCUT2D eigenvalue weighted by molar-refractivity contribution is 7.19. The zero-order valence-corrected chi connectivity index (χ0v) is 11.8. The van der Waals surface area contributed by atoms with Crippen LogP contribution in [0.4, 0.5) is 0 Å². The fraction of sp³-hybridized carbons (Fsp3) is 0.438. The molecule has 3 heteroatoms. The molecular formula is C16H19NOS. The Hall–Kier alpha value is -1.35. The maximum Gasteiger partial charge on any atom is 0.224 e. The van der Waals surface area contributed by atoms with Crippen molar-refractivity contribution in [3.05, 3.63) is 35.2 Å². The SMILES string of the molecule is NC(=O)C1(Cc2cc3ccccc3s2)CCCCC1. The summed E-state index contributed by atoms with van der Waals surface area (Å²) in [5.74, 6) is -0.107. The lowest BCUT2D eigenvalue weighted by Gasteiger charge is -2.33. The summed E-state index contributed by atoms with van der Waals surface area (Å²) in [5, 5.41) is 1.28. The van der Waals surface area contributed by atoms with Gasteiger partial charge in [0.1, 0.15) is 0 Å². The molecule has 0 radical (unpaired) electrons. The Balaban J connectivity index is 1.91. The topological polar surface area (TPSA) is 43.1 Å². The van der Waals surface area contributed by atoms with Crippen LogP contribution in [0.15, 0.2) is 30.3 Å². The Labute approximate surface area is 117 Å². The van der Waals surface area contributed by atoms with Crippen LogP contribution in [0, 0.1) is 5.41 Å². The molecule has 3 rings (SSSR count). The largest absolute Gasteiger partial charge is 0.369 e. The molecule has 1 aliphatic rings. The summed E-state index contributed by atoms with van der Waals surface area (Å²) >= 11 is 1.80. The number of fused-ring (bicyclic) bond motifs is 1. The summed E-state index contributed by atoms with van der Waals surface area (Å²) in [6, 6.07) is 10.6. The zero-order chi connectivity index (χ0) is 13.3. The van der Waals surface area contributed by atoms with Crippen molar-refractivity contribution in [3.63, 3.8) is 0 Å². The van der Waals surface area contributed by atoms with Gasteiger partial charge in [0, 0.05) is 9.58 Å². The summed E-state index contributed by atoms with van der Waals surface area (Å²) in [7, 11) is 0. The van der Waals surface area contributed by atoms with E-state index in [-0.39, 0.29) is 11.3 Å². The number of hydrogen-bond acceptors (Lipinski definition) is 2. The Bertz CT molecular complexity index is 563. The molecule has 2 aromatic rings. The number of carbonyl (C=O) groups excluding carboxylic acids is 1. The van der Waals surface area contributed by atoms with Crippen LogP contribution in [-0.2, 0) is 11.2 Å². The van der Waals surface area contributed by atoms with Crippen LogP contribution in [-0.4, -0.2) is 5.91 Å². The first kappa shape index (κ1) is 12.7. The average molecular weight is 273 g/mol. The number of nitrogens with two attached hydrogens (primary N) is 1. The van der Waals surface area contributed by atoms with Crippen LogP contribution in [0.3, 0.4) is 0 Å². The Kier molecular flexibility index (Phi) is 3.31. The molecule has 0 spiro atoms. The minimum Gasteiger partial charge on any atom is -0.369 e. The number of amides is 1. The Morgan fingerprint density at radius 3 is 2.63 bits per heavy atom. The van der Waals surface area contributed by atoms with Crippen LogP contribution in [0.5, 0.6) is 0 Å². The molecule has 1 aliphatic carbocycles. The Morgan fingerprint density at radius 1 is 1.21 bits per heavy atom. The first-order chi connectivity index (χ1) is 9.20. The maximum absolute atomic E-state index is 11.9. The number of hydrogen-bond donors (Lipinski definition) is 1. The van der Waals surface area contributed by atoms with Crippen molar-refractivity contribution >= 4 is 27.3 Å². The van der Waals surface area contributed by atoms with E-state index in [1.807, 2.05) is 0 Å². The molecule has 1 aromatic carbocycles. The molecule has 1 heterocycles. The second kappa shape index (κ2) is 4.97. The van der Waals surface area contributed by atoms with Crippen LogP contribution >= 0.6 is 11.3 Å². The van der Waals surface area contributed by atoms with Gasteiger partial charge in [-0.05, 0) is 36.8 Å². The van der Waals surface area contributed by atoms with Crippen molar-refractivity contribution in [2.75, 3.05) is 0 Å². The fourth-order valence-corrected chi connectivity index (χ4v) is 4.40. The van der Waals surface area contributed by atoms with E-state index in [9.17, 15) is 4.79 Å². The van der Waals surface area contributed by atoms with Crippen LogP contribution in [0.25, 0.3) is 10.1 Å². The predicted molar refractivity (Wildman–Crippen MR) is 80.2 cm³/mol. The smallest absolute Gasteiger partial charge is 0.224 e. The molecule has 2 nitrogen and oxygen atoms in total. The molecule has 2 N–H and O–H groups in total. The molecule has 1 fully saturated rings. The van der Waals surface area contributed by atoms with Crippen molar-refractivity contribution in [2.45, 2.75) is 38.5 Å². The van der Waals surface area contributed by atoms with Gasteiger partial charge in [-0.2, -0.15) is 0 Å². The van der Waals surface area contributed by atoms with Crippen LogP contribution in [0.1, 0.15) is 37.0 Å². The summed E-state index contributed by atoms with van der Waals surface area (Å²) in [6.07, 6.45) is 6.23. The molecular weight excluding hydrogens is 254 g/mol. The Morgan fingerprint density at radius 2 is 1.95 bits per heavy atom. The predicted octanol–water partition coefficient (Wildman–Crippen LogP) is 3.88. The highest BCUT2D eigenvalue weighted by atomic mass is 32.1. The zero-order valence-electron chi connectivity index (χ0n) is 11.0. The third-order valence-corrected chi connectivity index (χ3v) is 5.44. The average Bonchev–Trinajstić information content (AvgIpc) is 2.81. The first-order valence-electron chi connectivity index (χ1n) is 6.97. The highest BCUT2D eigenvalue weighted by Gasteiger charge is 2.38.